The number of nitrogens with one attached hydrogen (secondary N) is 1. The van der Waals surface area contributed by atoms with E-state index < -0.39 is 0 Å². The summed E-state index contributed by atoms with van der Waals surface area (Å²) in [7, 11) is 0. The summed E-state index contributed by atoms with van der Waals surface area (Å²) in [5.74, 6) is 0. The SMILES string of the molecule is C=C[C@@H]1N[C@@H]1COCc1ccccc1. The van der Waals surface area contributed by atoms with Crippen LogP contribution in [-0.2, 0) is 11.3 Å². The zero-order valence-electron chi connectivity index (χ0n) is 8.15. The molecular formula is C12H15NO. The Labute approximate surface area is 84.6 Å². The van der Waals surface area contributed by atoms with E-state index in [-0.39, 0.29) is 0 Å². The first-order chi connectivity index (χ1) is 6.90. The zero-order valence-corrected chi connectivity index (χ0v) is 8.15. The third-order valence-electron chi connectivity index (χ3n) is 2.39. The second kappa shape index (κ2) is 4.40. The first-order valence-electron chi connectivity index (χ1n) is 4.90. The van der Waals surface area contributed by atoms with Gasteiger partial charge in [-0.15, -0.1) is 6.58 Å². The average Bonchev–Trinajstić information content (AvgIpc) is 2.98. The van der Waals surface area contributed by atoms with Crippen molar-refractivity contribution in [3.63, 3.8) is 0 Å². The minimum atomic E-state index is 0.464. The monoisotopic (exact) mass is 189 g/mol. The molecule has 0 radical (unpaired) electrons. The van der Waals surface area contributed by atoms with Crippen molar-refractivity contribution in [1.82, 2.24) is 5.32 Å². The Morgan fingerprint density at radius 3 is 2.79 bits per heavy atom. The van der Waals surface area contributed by atoms with E-state index in [1.165, 1.54) is 5.56 Å². The minimum Gasteiger partial charge on any atom is -0.375 e. The molecule has 0 spiro atoms. The van der Waals surface area contributed by atoms with Gasteiger partial charge in [-0.25, -0.2) is 0 Å². The number of rotatable bonds is 5. The van der Waals surface area contributed by atoms with Crippen LogP contribution in [0.15, 0.2) is 43.0 Å². The summed E-state index contributed by atoms with van der Waals surface area (Å²) in [6.45, 7) is 5.19. The fraction of sp³-hybridized carbons (Fsp3) is 0.333. The summed E-state index contributed by atoms with van der Waals surface area (Å²) in [5.41, 5.74) is 1.23. The third-order valence-corrected chi connectivity index (χ3v) is 2.39. The molecule has 1 fully saturated rings. The molecule has 0 unspecified atom stereocenters. The van der Waals surface area contributed by atoms with Crippen LogP contribution in [0.4, 0.5) is 0 Å². The first-order valence-corrected chi connectivity index (χ1v) is 4.90. The van der Waals surface area contributed by atoms with Gasteiger partial charge in [0.1, 0.15) is 0 Å². The van der Waals surface area contributed by atoms with E-state index in [9.17, 15) is 0 Å². The molecule has 0 bridgehead atoms. The predicted molar refractivity (Wildman–Crippen MR) is 57.0 cm³/mol. The number of benzene rings is 1. The maximum atomic E-state index is 5.57. The van der Waals surface area contributed by atoms with E-state index in [0.29, 0.717) is 18.7 Å². The van der Waals surface area contributed by atoms with Crippen LogP contribution < -0.4 is 5.32 Å². The molecule has 0 aromatic heterocycles. The Balaban J connectivity index is 1.67. The Hall–Kier alpha value is -1.12. The molecular weight excluding hydrogens is 174 g/mol. The van der Waals surface area contributed by atoms with Crippen LogP contribution in [0.1, 0.15) is 5.56 Å². The van der Waals surface area contributed by atoms with Gasteiger partial charge in [-0.05, 0) is 5.56 Å². The number of ether oxygens (including phenoxy) is 1. The normalized spacial score (nSPS) is 24.6. The van der Waals surface area contributed by atoms with Gasteiger partial charge in [-0.3, -0.25) is 0 Å². The molecule has 2 atom stereocenters. The largest absolute Gasteiger partial charge is 0.375 e. The Bertz CT molecular complexity index is 296. The van der Waals surface area contributed by atoms with Crippen LogP contribution in [0.2, 0.25) is 0 Å². The lowest BCUT2D eigenvalue weighted by molar-refractivity contribution is 0.122. The molecule has 2 rings (SSSR count). The Morgan fingerprint density at radius 1 is 1.36 bits per heavy atom. The molecule has 0 amide bonds. The third kappa shape index (κ3) is 2.44. The van der Waals surface area contributed by atoms with Crippen LogP contribution in [0.3, 0.4) is 0 Å². The summed E-state index contributed by atoms with van der Waals surface area (Å²) in [6.07, 6.45) is 1.93. The molecule has 0 saturated carbocycles. The first kappa shape index (κ1) is 9.44. The van der Waals surface area contributed by atoms with E-state index in [1.807, 2.05) is 24.3 Å². The van der Waals surface area contributed by atoms with Gasteiger partial charge in [0.2, 0.25) is 0 Å². The van der Waals surface area contributed by atoms with Crippen LogP contribution in [-0.4, -0.2) is 18.7 Å². The highest BCUT2D eigenvalue weighted by Gasteiger charge is 2.32. The van der Waals surface area contributed by atoms with Crippen molar-refractivity contribution in [1.29, 1.82) is 0 Å². The summed E-state index contributed by atoms with van der Waals surface area (Å²) in [5, 5.41) is 3.26. The van der Waals surface area contributed by atoms with Gasteiger partial charge in [0.15, 0.2) is 0 Å². The molecule has 1 aromatic carbocycles. The molecule has 74 valence electrons. The van der Waals surface area contributed by atoms with E-state index >= 15 is 0 Å². The lowest BCUT2D eigenvalue weighted by Gasteiger charge is -2.01. The second-order valence-electron chi connectivity index (χ2n) is 3.54. The maximum absolute atomic E-state index is 5.57. The van der Waals surface area contributed by atoms with Crippen molar-refractivity contribution in [2.24, 2.45) is 0 Å². The average molecular weight is 189 g/mol. The molecule has 2 nitrogen and oxygen atoms in total. The molecule has 1 aromatic rings. The smallest absolute Gasteiger partial charge is 0.0717 e. The van der Waals surface area contributed by atoms with Gasteiger partial charge in [-0.2, -0.15) is 0 Å². The molecule has 14 heavy (non-hydrogen) atoms. The topological polar surface area (TPSA) is 31.2 Å². The fourth-order valence-corrected chi connectivity index (χ4v) is 1.45. The molecule has 1 N–H and O–H groups in total. The highest BCUT2D eigenvalue weighted by Crippen LogP contribution is 2.12. The second-order valence-corrected chi connectivity index (χ2v) is 3.54. The Kier molecular flexibility index (Phi) is 2.96. The van der Waals surface area contributed by atoms with Gasteiger partial charge in [0, 0.05) is 12.1 Å². The minimum absolute atomic E-state index is 0.464. The van der Waals surface area contributed by atoms with Crippen molar-refractivity contribution >= 4 is 0 Å². The summed E-state index contributed by atoms with van der Waals surface area (Å²) < 4.78 is 5.57. The van der Waals surface area contributed by atoms with Crippen molar-refractivity contribution < 1.29 is 4.74 Å². The van der Waals surface area contributed by atoms with Crippen molar-refractivity contribution in [2.45, 2.75) is 18.7 Å². The van der Waals surface area contributed by atoms with Crippen LogP contribution >= 0.6 is 0 Å². The standard InChI is InChI=1S/C12H15NO/c1-2-11-12(13-11)9-14-8-10-6-4-3-5-7-10/h2-7,11-13H,1,8-9H2/t11-,12+/m0/s1. The van der Waals surface area contributed by atoms with Crippen molar-refractivity contribution in [3.8, 4) is 0 Å². The lowest BCUT2D eigenvalue weighted by Crippen LogP contribution is -2.05. The Morgan fingerprint density at radius 2 is 2.14 bits per heavy atom. The highest BCUT2D eigenvalue weighted by atomic mass is 16.5. The molecule has 0 aliphatic carbocycles. The van der Waals surface area contributed by atoms with Crippen LogP contribution in [0, 0.1) is 0 Å². The van der Waals surface area contributed by atoms with Crippen LogP contribution in [0.25, 0.3) is 0 Å². The molecule has 1 aliphatic heterocycles. The predicted octanol–water partition coefficient (Wildman–Crippen LogP) is 1.73. The van der Waals surface area contributed by atoms with Gasteiger partial charge in [0.05, 0.1) is 13.2 Å². The molecule has 1 heterocycles. The quantitative estimate of drug-likeness (QED) is 0.565. The van der Waals surface area contributed by atoms with Crippen molar-refractivity contribution in [3.05, 3.63) is 48.6 Å². The van der Waals surface area contributed by atoms with E-state index in [1.54, 1.807) is 0 Å². The highest BCUT2D eigenvalue weighted by molar-refractivity contribution is 5.13. The van der Waals surface area contributed by atoms with E-state index in [2.05, 4.69) is 24.0 Å². The van der Waals surface area contributed by atoms with Gasteiger partial charge in [0.25, 0.3) is 0 Å². The molecule has 2 heteroatoms. The van der Waals surface area contributed by atoms with Gasteiger partial charge >= 0.3 is 0 Å². The lowest BCUT2D eigenvalue weighted by atomic mass is 10.2. The maximum Gasteiger partial charge on any atom is 0.0717 e. The number of hydrogen-bond acceptors (Lipinski definition) is 2. The fourth-order valence-electron chi connectivity index (χ4n) is 1.45. The summed E-state index contributed by atoms with van der Waals surface area (Å²) in [4.78, 5) is 0. The van der Waals surface area contributed by atoms with Crippen molar-refractivity contribution in [2.75, 3.05) is 6.61 Å². The summed E-state index contributed by atoms with van der Waals surface area (Å²) >= 11 is 0. The zero-order chi connectivity index (χ0) is 9.80. The number of hydrogen-bond donors (Lipinski definition) is 1. The van der Waals surface area contributed by atoms with Gasteiger partial charge < -0.3 is 10.1 Å². The van der Waals surface area contributed by atoms with Gasteiger partial charge in [-0.1, -0.05) is 36.4 Å². The summed E-state index contributed by atoms with van der Waals surface area (Å²) in [6, 6.07) is 11.2. The van der Waals surface area contributed by atoms with E-state index in [0.717, 1.165) is 6.61 Å². The molecule has 1 saturated heterocycles. The molecule has 1 aliphatic rings. The van der Waals surface area contributed by atoms with E-state index in [4.69, 9.17) is 4.74 Å². The van der Waals surface area contributed by atoms with Crippen LogP contribution in [0.5, 0.6) is 0 Å².